The molecule has 34 heavy (non-hydrogen) atoms. The van der Waals surface area contributed by atoms with Crippen molar-refractivity contribution in [2.24, 2.45) is 0 Å². The van der Waals surface area contributed by atoms with E-state index in [0.29, 0.717) is 5.70 Å². The number of carbonyl (C=O) groups is 1. The van der Waals surface area contributed by atoms with Crippen LogP contribution in [0.15, 0.2) is 89.8 Å². The van der Waals surface area contributed by atoms with E-state index in [1.165, 1.54) is 12.1 Å². The second kappa shape index (κ2) is 9.58. The molecule has 3 aromatic rings. The highest BCUT2D eigenvalue weighted by Gasteiger charge is 2.37. The number of aryl methyl sites for hydroxylation is 1. The van der Waals surface area contributed by atoms with E-state index < -0.39 is 26.9 Å². The van der Waals surface area contributed by atoms with E-state index in [9.17, 15) is 23.3 Å². The summed E-state index contributed by atoms with van der Waals surface area (Å²) >= 11 is 0. The lowest BCUT2D eigenvalue weighted by molar-refractivity contribution is -0.384. The lowest BCUT2D eigenvalue weighted by Crippen LogP contribution is -2.48. The van der Waals surface area contributed by atoms with Crippen molar-refractivity contribution in [2.45, 2.75) is 24.3 Å². The summed E-state index contributed by atoms with van der Waals surface area (Å²) < 4.78 is 28.4. The number of hydrogen-bond donors (Lipinski definition) is 1. The third kappa shape index (κ3) is 4.90. The van der Waals surface area contributed by atoms with Crippen molar-refractivity contribution in [1.29, 1.82) is 0 Å². The third-order valence-corrected chi connectivity index (χ3v) is 7.56. The van der Waals surface area contributed by atoms with Crippen LogP contribution in [0.1, 0.15) is 16.7 Å². The third-order valence-electron chi connectivity index (χ3n) is 5.67. The van der Waals surface area contributed by atoms with Gasteiger partial charge in [-0.3, -0.25) is 14.9 Å². The van der Waals surface area contributed by atoms with E-state index in [4.69, 9.17) is 0 Å². The van der Waals surface area contributed by atoms with Crippen molar-refractivity contribution in [2.75, 3.05) is 6.54 Å². The van der Waals surface area contributed by atoms with Gasteiger partial charge in [-0.05, 0) is 42.7 Å². The number of benzene rings is 3. The number of nitrogens with zero attached hydrogens (tertiary/aromatic N) is 2. The van der Waals surface area contributed by atoms with Gasteiger partial charge in [0.25, 0.3) is 5.69 Å². The molecule has 1 atom stereocenters. The summed E-state index contributed by atoms with van der Waals surface area (Å²) in [7, 11) is -4.14. The summed E-state index contributed by atoms with van der Waals surface area (Å²) in [6.45, 7) is 1.91. The first kappa shape index (κ1) is 23.3. The van der Waals surface area contributed by atoms with Crippen LogP contribution < -0.4 is 5.32 Å². The predicted molar refractivity (Wildman–Crippen MR) is 128 cm³/mol. The molecule has 0 aliphatic carbocycles. The fourth-order valence-electron chi connectivity index (χ4n) is 3.80. The van der Waals surface area contributed by atoms with Crippen LogP contribution in [-0.4, -0.2) is 36.1 Å². The molecule has 174 valence electrons. The Bertz CT molecular complexity index is 1340. The van der Waals surface area contributed by atoms with Crippen molar-refractivity contribution < 1.29 is 18.1 Å². The van der Waals surface area contributed by atoms with Crippen LogP contribution >= 0.6 is 0 Å². The largest absolute Gasteiger partial charge is 0.324 e. The van der Waals surface area contributed by atoms with Crippen LogP contribution in [0.25, 0.3) is 5.70 Å². The van der Waals surface area contributed by atoms with Gasteiger partial charge in [-0.2, -0.15) is 4.31 Å². The van der Waals surface area contributed by atoms with E-state index >= 15 is 0 Å². The maximum Gasteiger partial charge on any atom is 0.269 e. The Labute approximate surface area is 197 Å². The van der Waals surface area contributed by atoms with E-state index in [1.54, 1.807) is 6.08 Å². The Hall–Kier alpha value is -3.82. The van der Waals surface area contributed by atoms with Gasteiger partial charge >= 0.3 is 0 Å². The summed E-state index contributed by atoms with van der Waals surface area (Å²) in [5.41, 5.74) is 2.96. The van der Waals surface area contributed by atoms with E-state index in [0.717, 1.165) is 33.1 Å². The SMILES string of the molecule is Cc1ccc(C2=CCN(S(=O)(=O)c3ccc([N+](=O)[O-])cc3)[C@@H](Cc3ccccc3)C(=O)N2)cc1. The van der Waals surface area contributed by atoms with Gasteiger partial charge in [-0.1, -0.05) is 60.2 Å². The summed E-state index contributed by atoms with van der Waals surface area (Å²) in [6.07, 6.45) is 1.85. The maximum atomic E-state index is 13.6. The van der Waals surface area contributed by atoms with Crippen LogP contribution in [0.5, 0.6) is 0 Å². The van der Waals surface area contributed by atoms with E-state index in [2.05, 4.69) is 5.32 Å². The molecule has 0 unspecified atom stereocenters. The normalized spacial score (nSPS) is 16.9. The monoisotopic (exact) mass is 477 g/mol. The van der Waals surface area contributed by atoms with Crippen molar-refractivity contribution in [3.8, 4) is 0 Å². The minimum atomic E-state index is -4.14. The predicted octanol–water partition coefficient (Wildman–Crippen LogP) is 3.68. The highest BCUT2D eigenvalue weighted by Crippen LogP contribution is 2.26. The lowest BCUT2D eigenvalue weighted by atomic mass is 10.1. The van der Waals surface area contributed by atoms with Gasteiger partial charge < -0.3 is 5.32 Å². The minimum Gasteiger partial charge on any atom is -0.324 e. The number of sulfonamides is 1. The number of carbonyl (C=O) groups excluding carboxylic acids is 1. The van der Waals surface area contributed by atoms with Crippen molar-refractivity contribution in [3.05, 3.63) is 112 Å². The van der Waals surface area contributed by atoms with Gasteiger partial charge in [-0.15, -0.1) is 0 Å². The van der Waals surface area contributed by atoms with Crippen molar-refractivity contribution in [1.82, 2.24) is 9.62 Å². The van der Waals surface area contributed by atoms with Crippen molar-refractivity contribution in [3.63, 3.8) is 0 Å². The molecular weight excluding hydrogens is 454 g/mol. The van der Waals surface area contributed by atoms with E-state index in [-0.39, 0.29) is 23.5 Å². The first-order valence-electron chi connectivity index (χ1n) is 10.6. The molecule has 1 heterocycles. The molecule has 4 rings (SSSR count). The molecule has 0 aromatic heterocycles. The lowest BCUT2D eigenvalue weighted by Gasteiger charge is -2.27. The highest BCUT2D eigenvalue weighted by atomic mass is 32.2. The fourth-order valence-corrected chi connectivity index (χ4v) is 5.33. The van der Waals surface area contributed by atoms with Crippen LogP contribution in [0.2, 0.25) is 0 Å². The van der Waals surface area contributed by atoms with Gasteiger partial charge in [0.2, 0.25) is 15.9 Å². The van der Waals surface area contributed by atoms with Crippen molar-refractivity contribution >= 4 is 27.3 Å². The topological polar surface area (TPSA) is 110 Å². The number of amides is 1. The zero-order chi connectivity index (χ0) is 24.3. The molecule has 3 aromatic carbocycles. The first-order chi connectivity index (χ1) is 16.3. The zero-order valence-electron chi connectivity index (χ0n) is 18.4. The molecule has 1 aliphatic heterocycles. The second-order valence-electron chi connectivity index (χ2n) is 8.00. The fraction of sp³-hybridized carbons (Fsp3) is 0.160. The van der Waals surface area contributed by atoms with Gasteiger partial charge in [0, 0.05) is 24.4 Å². The molecule has 8 nitrogen and oxygen atoms in total. The molecule has 0 saturated heterocycles. The number of nitro benzene ring substituents is 1. The number of nitrogens with one attached hydrogen (secondary N) is 1. The molecule has 0 bridgehead atoms. The average molecular weight is 478 g/mol. The summed E-state index contributed by atoms with van der Waals surface area (Å²) in [4.78, 5) is 23.6. The number of hydrogen-bond acceptors (Lipinski definition) is 5. The second-order valence-corrected chi connectivity index (χ2v) is 9.89. The quantitative estimate of drug-likeness (QED) is 0.430. The molecule has 1 aliphatic rings. The standard InChI is InChI=1S/C25H23N3O5S/c1-18-7-9-20(10-8-18)23-15-16-27(24(25(29)26-23)17-19-5-3-2-4-6-19)34(32,33)22-13-11-21(12-14-22)28(30)31/h2-15,24H,16-17H2,1H3,(H,26,29)/t24-/m0/s1. The van der Waals surface area contributed by atoms with Crippen LogP contribution in [0.3, 0.4) is 0 Å². The van der Waals surface area contributed by atoms with Crippen LogP contribution in [0, 0.1) is 17.0 Å². The molecule has 0 radical (unpaired) electrons. The number of nitro groups is 1. The maximum absolute atomic E-state index is 13.6. The number of rotatable bonds is 6. The molecule has 0 saturated carbocycles. The van der Waals surface area contributed by atoms with E-state index in [1.807, 2.05) is 61.5 Å². The first-order valence-corrected chi connectivity index (χ1v) is 12.1. The van der Waals surface area contributed by atoms with Crippen LogP contribution in [-0.2, 0) is 21.2 Å². The Balaban J connectivity index is 1.74. The summed E-state index contributed by atoms with van der Waals surface area (Å²) in [6, 6.07) is 20.4. The Morgan fingerprint density at radius 1 is 1.00 bits per heavy atom. The molecule has 1 amide bonds. The van der Waals surface area contributed by atoms with Gasteiger partial charge in [0.1, 0.15) is 6.04 Å². The summed E-state index contributed by atoms with van der Waals surface area (Å²) in [5, 5.41) is 13.9. The van der Waals surface area contributed by atoms with Crippen LogP contribution in [0.4, 0.5) is 5.69 Å². The smallest absolute Gasteiger partial charge is 0.269 e. The minimum absolute atomic E-state index is 0.0429. The average Bonchev–Trinajstić information content (AvgIpc) is 2.99. The Kier molecular flexibility index (Phi) is 6.58. The molecule has 9 heteroatoms. The zero-order valence-corrected chi connectivity index (χ0v) is 19.2. The molecule has 0 fully saturated rings. The highest BCUT2D eigenvalue weighted by molar-refractivity contribution is 7.89. The molecule has 1 N–H and O–H groups in total. The van der Waals surface area contributed by atoms with Gasteiger partial charge in [0.15, 0.2) is 0 Å². The van der Waals surface area contributed by atoms with Gasteiger partial charge in [-0.25, -0.2) is 8.42 Å². The summed E-state index contributed by atoms with van der Waals surface area (Å²) in [5.74, 6) is -0.446. The molecule has 0 spiro atoms. The Morgan fingerprint density at radius 3 is 2.26 bits per heavy atom. The molecular formula is C25H23N3O5S. The Morgan fingerprint density at radius 2 is 1.65 bits per heavy atom. The number of non-ortho nitro benzene ring substituents is 1. The van der Waals surface area contributed by atoms with Gasteiger partial charge in [0.05, 0.1) is 9.82 Å².